The van der Waals surface area contributed by atoms with Crippen LogP contribution in [-0.4, -0.2) is 22.8 Å². The van der Waals surface area contributed by atoms with Gasteiger partial charge in [-0.1, -0.05) is 12.1 Å². The Hall–Kier alpha value is -2.86. The number of ether oxygens (including phenoxy) is 1. The van der Waals surface area contributed by atoms with Crippen molar-refractivity contribution in [2.45, 2.75) is 39.6 Å². The van der Waals surface area contributed by atoms with Gasteiger partial charge >= 0.3 is 0 Å². The summed E-state index contributed by atoms with van der Waals surface area (Å²) in [5, 5.41) is 5.72. The Labute approximate surface area is 152 Å². The van der Waals surface area contributed by atoms with Crippen LogP contribution in [0.3, 0.4) is 0 Å². The lowest BCUT2D eigenvalue weighted by Crippen LogP contribution is -2.34. The summed E-state index contributed by atoms with van der Waals surface area (Å²) >= 11 is 0. The first-order chi connectivity index (χ1) is 12.5. The van der Waals surface area contributed by atoms with Crippen LogP contribution in [0.1, 0.15) is 30.5 Å². The molecule has 2 aromatic carbocycles. The fourth-order valence-electron chi connectivity index (χ4n) is 3.47. The molecule has 6 heteroatoms. The molecule has 0 spiro atoms. The van der Waals surface area contributed by atoms with Crippen molar-refractivity contribution < 1.29 is 14.3 Å². The lowest BCUT2D eigenvalue weighted by atomic mass is 10.1. The Balaban J connectivity index is 1.46. The summed E-state index contributed by atoms with van der Waals surface area (Å²) in [5.41, 5.74) is 5.20. The average Bonchev–Trinajstić information content (AvgIpc) is 2.97. The molecule has 0 aliphatic carbocycles. The highest BCUT2D eigenvalue weighted by atomic mass is 16.5. The van der Waals surface area contributed by atoms with E-state index in [4.69, 9.17) is 4.74 Å². The van der Waals surface area contributed by atoms with E-state index in [1.807, 2.05) is 30.3 Å². The van der Waals surface area contributed by atoms with Gasteiger partial charge in [-0.2, -0.15) is 0 Å². The zero-order valence-corrected chi connectivity index (χ0v) is 14.8. The number of amides is 2. The van der Waals surface area contributed by atoms with Crippen LogP contribution >= 0.6 is 0 Å². The molecule has 6 nitrogen and oxygen atoms in total. The van der Waals surface area contributed by atoms with Gasteiger partial charge in [0.1, 0.15) is 5.75 Å². The molecule has 2 N–H and O–H groups in total. The lowest BCUT2D eigenvalue weighted by molar-refractivity contribution is -0.122. The molecule has 1 unspecified atom stereocenters. The fraction of sp³-hybridized carbons (Fsp3) is 0.300. The minimum atomic E-state index is -0.459. The van der Waals surface area contributed by atoms with Gasteiger partial charge in [-0.3, -0.25) is 14.5 Å². The van der Waals surface area contributed by atoms with Crippen LogP contribution in [-0.2, 0) is 29.2 Å². The maximum absolute atomic E-state index is 11.8. The van der Waals surface area contributed by atoms with E-state index in [9.17, 15) is 9.59 Å². The second-order valence-electron chi connectivity index (χ2n) is 6.89. The maximum Gasteiger partial charge on any atom is 0.265 e. The van der Waals surface area contributed by atoms with E-state index in [-0.39, 0.29) is 11.8 Å². The summed E-state index contributed by atoms with van der Waals surface area (Å²) in [6.07, 6.45) is -0.459. The number of carbonyl (C=O) groups is 2. The van der Waals surface area contributed by atoms with Gasteiger partial charge in [0, 0.05) is 32.2 Å². The summed E-state index contributed by atoms with van der Waals surface area (Å²) in [4.78, 5) is 25.3. The van der Waals surface area contributed by atoms with Crippen molar-refractivity contribution in [1.29, 1.82) is 0 Å². The number of hydrogen-bond donors (Lipinski definition) is 2. The monoisotopic (exact) mass is 351 g/mol. The van der Waals surface area contributed by atoms with E-state index < -0.39 is 6.10 Å². The van der Waals surface area contributed by atoms with Gasteiger partial charge in [0.2, 0.25) is 5.91 Å². The Morgan fingerprint density at radius 1 is 1.23 bits per heavy atom. The molecule has 0 aromatic heterocycles. The minimum Gasteiger partial charge on any atom is -0.479 e. The largest absolute Gasteiger partial charge is 0.479 e. The molecule has 2 heterocycles. The third-order valence-corrected chi connectivity index (χ3v) is 4.70. The average molecular weight is 351 g/mol. The molecule has 2 aliphatic rings. The molecule has 2 amide bonds. The van der Waals surface area contributed by atoms with Crippen molar-refractivity contribution in [3.8, 4) is 5.75 Å². The molecule has 0 fully saturated rings. The number of nitrogens with zero attached hydrogens (tertiary/aromatic N) is 1. The maximum atomic E-state index is 11.8. The molecule has 0 saturated carbocycles. The van der Waals surface area contributed by atoms with Gasteiger partial charge in [-0.25, -0.2) is 0 Å². The molecule has 2 aromatic rings. The summed E-state index contributed by atoms with van der Waals surface area (Å²) in [5.74, 6) is 0.534. The van der Waals surface area contributed by atoms with Crippen LogP contribution in [0.5, 0.6) is 5.75 Å². The van der Waals surface area contributed by atoms with Gasteiger partial charge < -0.3 is 15.4 Å². The summed E-state index contributed by atoms with van der Waals surface area (Å²) in [7, 11) is 0. The molecule has 134 valence electrons. The van der Waals surface area contributed by atoms with E-state index in [1.165, 1.54) is 18.1 Å². The van der Waals surface area contributed by atoms with Crippen LogP contribution in [0.4, 0.5) is 11.4 Å². The van der Waals surface area contributed by atoms with Crippen molar-refractivity contribution in [2.24, 2.45) is 0 Å². The van der Waals surface area contributed by atoms with Crippen LogP contribution in [0.2, 0.25) is 0 Å². The van der Waals surface area contributed by atoms with Gasteiger partial charge in [-0.15, -0.1) is 0 Å². The van der Waals surface area contributed by atoms with Gasteiger partial charge in [-0.05, 0) is 47.9 Å². The quantitative estimate of drug-likeness (QED) is 0.892. The van der Waals surface area contributed by atoms with Crippen LogP contribution < -0.4 is 15.4 Å². The summed E-state index contributed by atoms with van der Waals surface area (Å²) in [6, 6.07) is 12.0. The third kappa shape index (κ3) is 3.28. The summed E-state index contributed by atoms with van der Waals surface area (Å²) < 4.78 is 5.60. The Bertz CT molecular complexity index is 894. The second-order valence-corrected chi connectivity index (χ2v) is 6.89. The van der Waals surface area contributed by atoms with Crippen molar-refractivity contribution in [3.05, 3.63) is 53.1 Å². The van der Waals surface area contributed by atoms with Crippen LogP contribution in [0.25, 0.3) is 0 Å². The third-order valence-electron chi connectivity index (χ3n) is 4.70. The van der Waals surface area contributed by atoms with E-state index >= 15 is 0 Å². The minimum absolute atomic E-state index is 0.0625. The zero-order chi connectivity index (χ0) is 18.3. The van der Waals surface area contributed by atoms with E-state index in [1.54, 1.807) is 6.92 Å². The molecule has 1 atom stereocenters. The van der Waals surface area contributed by atoms with E-state index in [2.05, 4.69) is 21.6 Å². The molecule has 2 aliphatic heterocycles. The SMILES string of the molecule is CC(=O)Nc1ccc2c(c1)CN(Cc1ccc3c(c1)NC(=O)C(C)O3)C2. The fourth-order valence-corrected chi connectivity index (χ4v) is 3.47. The number of carbonyl (C=O) groups excluding carboxylic acids is 2. The van der Waals surface area contributed by atoms with Crippen molar-refractivity contribution >= 4 is 23.2 Å². The highest BCUT2D eigenvalue weighted by Crippen LogP contribution is 2.32. The molecular formula is C20H21N3O3. The Morgan fingerprint density at radius 3 is 2.85 bits per heavy atom. The number of fused-ring (bicyclic) bond motifs is 2. The van der Waals surface area contributed by atoms with E-state index in [0.717, 1.165) is 36.6 Å². The van der Waals surface area contributed by atoms with Crippen LogP contribution in [0.15, 0.2) is 36.4 Å². The number of nitrogens with one attached hydrogen (secondary N) is 2. The number of benzene rings is 2. The molecule has 0 saturated heterocycles. The predicted molar refractivity (Wildman–Crippen MR) is 98.9 cm³/mol. The molecule has 0 radical (unpaired) electrons. The standard InChI is InChI=1S/C20H21N3O3/c1-12-20(25)22-18-7-14(3-6-19(18)26-12)9-23-10-15-4-5-17(21-13(2)24)8-16(15)11-23/h3-8,12H,9-11H2,1-2H3,(H,21,24)(H,22,25). The first kappa shape index (κ1) is 16.6. The Kier molecular flexibility index (Phi) is 4.12. The van der Waals surface area contributed by atoms with Crippen molar-refractivity contribution in [3.63, 3.8) is 0 Å². The van der Waals surface area contributed by atoms with E-state index in [0.29, 0.717) is 5.75 Å². The first-order valence-corrected chi connectivity index (χ1v) is 8.70. The van der Waals surface area contributed by atoms with Crippen molar-refractivity contribution in [2.75, 3.05) is 10.6 Å². The van der Waals surface area contributed by atoms with Gasteiger partial charge in [0.25, 0.3) is 5.91 Å². The highest BCUT2D eigenvalue weighted by Gasteiger charge is 2.24. The first-order valence-electron chi connectivity index (χ1n) is 8.70. The zero-order valence-electron chi connectivity index (χ0n) is 14.8. The molecule has 0 bridgehead atoms. The smallest absolute Gasteiger partial charge is 0.265 e. The van der Waals surface area contributed by atoms with Gasteiger partial charge in [0.05, 0.1) is 5.69 Å². The number of hydrogen-bond acceptors (Lipinski definition) is 4. The predicted octanol–water partition coefficient (Wildman–Crippen LogP) is 2.88. The Morgan fingerprint density at radius 2 is 2.04 bits per heavy atom. The normalized spacial score (nSPS) is 18.5. The summed E-state index contributed by atoms with van der Waals surface area (Å²) in [6.45, 7) is 5.73. The van der Waals surface area contributed by atoms with Gasteiger partial charge in [0.15, 0.2) is 6.10 Å². The second kappa shape index (κ2) is 6.46. The molecule has 4 rings (SSSR count). The highest BCUT2D eigenvalue weighted by molar-refractivity contribution is 5.97. The topological polar surface area (TPSA) is 70.7 Å². The molecule has 26 heavy (non-hydrogen) atoms. The molecular weight excluding hydrogens is 330 g/mol. The van der Waals surface area contributed by atoms with Crippen LogP contribution in [0, 0.1) is 0 Å². The van der Waals surface area contributed by atoms with Crippen molar-refractivity contribution in [1.82, 2.24) is 4.90 Å². The number of anilines is 2. The lowest BCUT2D eigenvalue weighted by Gasteiger charge is -2.24. The number of rotatable bonds is 3.